The molecule has 1 fully saturated rings. The topological polar surface area (TPSA) is 43.8 Å². The summed E-state index contributed by atoms with van der Waals surface area (Å²) in [6.45, 7) is 5.13. The van der Waals surface area contributed by atoms with Crippen LogP contribution in [0.25, 0.3) is 0 Å². The molecule has 2 atom stereocenters. The number of amides is 1. The molecule has 1 heterocycles. The van der Waals surface area contributed by atoms with Crippen LogP contribution in [0.4, 0.5) is 8.78 Å². The fourth-order valence-electron chi connectivity index (χ4n) is 2.69. The van der Waals surface area contributed by atoms with Crippen LogP contribution in [0.3, 0.4) is 0 Å². The Morgan fingerprint density at radius 3 is 2.14 bits per heavy atom. The van der Waals surface area contributed by atoms with Crippen molar-refractivity contribution in [3.05, 3.63) is 35.4 Å². The van der Waals surface area contributed by atoms with Gasteiger partial charge in [0, 0.05) is 37.8 Å². The highest BCUT2D eigenvalue weighted by Gasteiger charge is 2.28. The second-order valence-electron chi connectivity index (χ2n) is 5.35. The molecule has 2 rings (SSSR count). The molecule has 1 aromatic rings. The highest BCUT2D eigenvalue weighted by atomic mass is 19.1. The van der Waals surface area contributed by atoms with E-state index in [1.54, 1.807) is 11.8 Å². The van der Waals surface area contributed by atoms with E-state index in [9.17, 15) is 18.7 Å². The molecule has 1 amide bonds. The molecule has 21 heavy (non-hydrogen) atoms. The maximum Gasteiger partial charge on any atom is 0.251 e. The molecule has 0 aromatic heterocycles. The number of hydrogen-bond donors (Lipinski definition) is 1. The Bertz CT molecular complexity index is 494. The van der Waals surface area contributed by atoms with Crippen LogP contribution < -0.4 is 0 Å². The van der Waals surface area contributed by atoms with Gasteiger partial charge < -0.3 is 10.0 Å². The van der Waals surface area contributed by atoms with Crippen molar-refractivity contribution in [2.75, 3.05) is 26.2 Å². The summed E-state index contributed by atoms with van der Waals surface area (Å²) >= 11 is 0. The minimum atomic E-state index is -1.02. The van der Waals surface area contributed by atoms with Gasteiger partial charge in [-0.1, -0.05) is 6.07 Å². The number of nitrogens with zero attached hydrogens (tertiary/aromatic N) is 2. The van der Waals surface area contributed by atoms with E-state index < -0.39 is 23.8 Å². The van der Waals surface area contributed by atoms with Gasteiger partial charge in [-0.25, -0.2) is 8.78 Å². The molecule has 1 aliphatic rings. The van der Waals surface area contributed by atoms with Crippen LogP contribution in [0.15, 0.2) is 18.2 Å². The lowest BCUT2D eigenvalue weighted by atomic mass is 10.0. The molecule has 6 heteroatoms. The smallest absolute Gasteiger partial charge is 0.251 e. The number of carbonyl (C=O) groups excluding carboxylic acids is 1. The van der Waals surface area contributed by atoms with Gasteiger partial charge in [0.05, 0.1) is 0 Å². The van der Waals surface area contributed by atoms with E-state index in [4.69, 9.17) is 0 Å². The molecule has 1 aliphatic heterocycles. The number of hydrogen-bond acceptors (Lipinski definition) is 3. The molecular weight excluding hydrogens is 278 g/mol. The predicted octanol–water partition coefficient (Wildman–Crippen LogP) is 1.55. The zero-order chi connectivity index (χ0) is 15.6. The van der Waals surface area contributed by atoms with Crippen molar-refractivity contribution in [3.63, 3.8) is 0 Å². The quantitative estimate of drug-likeness (QED) is 0.921. The van der Waals surface area contributed by atoms with Crippen molar-refractivity contribution in [1.82, 2.24) is 9.80 Å². The standard InChI is InChI=1S/C15H20F2N2O2/c1-10(14-12(16)4-3-5-13(14)17)18-6-8-19(9-7-18)15(21)11(2)20/h3-5,10-11,20H,6-9H2,1-2H3. The first kappa shape index (κ1) is 15.9. The Morgan fingerprint density at radius 2 is 1.67 bits per heavy atom. The van der Waals surface area contributed by atoms with E-state index >= 15 is 0 Å². The molecule has 1 N–H and O–H groups in total. The van der Waals surface area contributed by atoms with E-state index in [1.165, 1.54) is 25.1 Å². The van der Waals surface area contributed by atoms with Gasteiger partial charge in [0.25, 0.3) is 5.91 Å². The van der Waals surface area contributed by atoms with Crippen molar-refractivity contribution < 1.29 is 18.7 Å². The normalized spacial score (nSPS) is 19.4. The third kappa shape index (κ3) is 3.39. The van der Waals surface area contributed by atoms with E-state index in [1.807, 2.05) is 4.90 Å². The third-order valence-electron chi connectivity index (χ3n) is 3.95. The molecule has 1 saturated heterocycles. The first-order valence-corrected chi connectivity index (χ1v) is 7.06. The van der Waals surface area contributed by atoms with Crippen LogP contribution in [-0.2, 0) is 4.79 Å². The highest BCUT2D eigenvalue weighted by molar-refractivity contribution is 5.80. The van der Waals surface area contributed by atoms with Gasteiger partial charge in [-0.3, -0.25) is 9.69 Å². The number of aliphatic hydroxyl groups excluding tert-OH is 1. The lowest BCUT2D eigenvalue weighted by Gasteiger charge is -2.38. The molecule has 0 spiro atoms. The fourth-order valence-corrected chi connectivity index (χ4v) is 2.69. The van der Waals surface area contributed by atoms with Gasteiger partial charge in [-0.15, -0.1) is 0 Å². The van der Waals surface area contributed by atoms with Crippen molar-refractivity contribution in [3.8, 4) is 0 Å². The molecule has 0 aliphatic carbocycles. The van der Waals surface area contributed by atoms with Crippen molar-refractivity contribution in [2.45, 2.75) is 26.0 Å². The number of rotatable bonds is 3. The first-order chi connectivity index (χ1) is 9.91. The molecule has 0 radical (unpaired) electrons. The third-order valence-corrected chi connectivity index (χ3v) is 3.95. The van der Waals surface area contributed by atoms with Gasteiger partial charge >= 0.3 is 0 Å². The maximum absolute atomic E-state index is 13.8. The monoisotopic (exact) mass is 298 g/mol. The Hall–Kier alpha value is -1.53. The van der Waals surface area contributed by atoms with Gasteiger partial charge in [0.15, 0.2) is 0 Å². The summed E-state index contributed by atoms with van der Waals surface area (Å²) in [7, 11) is 0. The summed E-state index contributed by atoms with van der Waals surface area (Å²) in [6, 6.07) is 3.46. The Balaban J connectivity index is 2.04. The summed E-state index contributed by atoms with van der Waals surface area (Å²) in [5.74, 6) is -1.41. The Labute approximate surface area is 123 Å². The van der Waals surface area contributed by atoms with Crippen LogP contribution in [0.5, 0.6) is 0 Å². The average molecular weight is 298 g/mol. The van der Waals surface area contributed by atoms with Crippen LogP contribution in [-0.4, -0.2) is 53.1 Å². The van der Waals surface area contributed by atoms with Crippen LogP contribution in [0.2, 0.25) is 0 Å². The molecule has 0 saturated carbocycles. The minimum Gasteiger partial charge on any atom is -0.384 e. The zero-order valence-corrected chi connectivity index (χ0v) is 12.2. The number of aliphatic hydroxyl groups is 1. The predicted molar refractivity (Wildman–Crippen MR) is 74.6 cm³/mol. The highest BCUT2D eigenvalue weighted by Crippen LogP contribution is 2.26. The van der Waals surface area contributed by atoms with Crippen molar-refractivity contribution in [1.29, 1.82) is 0 Å². The van der Waals surface area contributed by atoms with Crippen LogP contribution in [0, 0.1) is 11.6 Å². The SMILES string of the molecule is CC(O)C(=O)N1CCN(C(C)c2c(F)cccc2F)CC1. The number of halogens is 2. The Morgan fingerprint density at radius 1 is 1.14 bits per heavy atom. The molecule has 1 aromatic carbocycles. The van der Waals surface area contributed by atoms with Gasteiger partial charge in [-0.2, -0.15) is 0 Å². The van der Waals surface area contributed by atoms with Gasteiger partial charge in [-0.05, 0) is 26.0 Å². The largest absolute Gasteiger partial charge is 0.384 e. The molecule has 4 nitrogen and oxygen atoms in total. The maximum atomic E-state index is 13.8. The van der Waals surface area contributed by atoms with Gasteiger partial charge in [0.2, 0.25) is 0 Å². The van der Waals surface area contributed by atoms with Gasteiger partial charge in [0.1, 0.15) is 17.7 Å². The van der Waals surface area contributed by atoms with E-state index in [0.29, 0.717) is 26.2 Å². The van der Waals surface area contributed by atoms with Crippen molar-refractivity contribution >= 4 is 5.91 Å². The van der Waals surface area contributed by atoms with Crippen molar-refractivity contribution in [2.24, 2.45) is 0 Å². The second-order valence-corrected chi connectivity index (χ2v) is 5.35. The number of carbonyl (C=O) groups is 1. The molecular formula is C15H20F2N2O2. The Kier molecular flexibility index (Phi) is 4.90. The molecule has 116 valence electrons. The molecule has 0 bridgehead atoms. The summed E-state index contributed by atoms with van der Waals surface area (Å²) < 4.78 is 27.6. The summed E-state index contributed by atoms with van der Waals surface area (Å²) in [5, 5.41) is 9.30. The summed E-state index contributed by atoms with van der Waals surface area (Å²) in [5.41, 5.74) is 0.0628. The van der Waals surface area contributed by atoms with Crippen LogP contribution in [0.1, 0.15) is 25.5 Å². The number of piperazine rings is 1. The van der Waals surface area contributed by atoms with E-state index in [0.717, 1.165) is 0 Å². The zero-order valence-electron chi connectivity index (χ0n) is 12.2. The summed E-state index contributed by atoms with van der Waals surface area (Å²) in [4.78, 5) is 15.2. The van der Waals surface area contributed by atoms with Crippen LogP contribution >= 0.6 is 0 Å². The minimum absolute atomic E-state index is 0.0628. The fraction of sp³-hybridized carbons (Fsp3) is 0.533. The second kappa shape index (κ2) is 6.49. The molecule has 2 unspecified atom stereocenters. The summed E-state index contributed by atoms with van der Waals surface area (Å²) in [6.07, 6.45) is -1.02. The van der Waals surface area contributed by atoms with E-state index in [2.05, 4.69) is 0 Å². The lowest BCUT2D eigenvalue weighted by molar-refractivity contribution is -0.141. The lowest BCUT2D eigenvalue weighted by Crippen LogP contribution is -2.51. The van der Waals surface area contributed by atoms with E-state index in [-0.39, 0.29) is 11.5 Å². The first-order valence-electron chi connectivity index (χ1n) is 7.06. The average Bonchev–Trinajstić information content (AvgIpc) is 2.46. The number of benzene rings is 1.